The van der Waals surface area contributed by atoms with E-state index in [-0.39, 0.29) is 0 Å². The summed E-state index contributed by atoms with van der Waals surface area (Å²) in [4.78, 5) is 9.41. The largest absolute Gasteiger partial charge is 0.311 e. The highest BCUT2D eigenvalue weighted by atomic mass is 15.2. The van der Waals surface area contributed by atoms with Crippen molar-refractivity contribution >= 4 is 89.8 Å². The Morgan fingerprint density at radius 3 is 0.848 bits per heavy atom. The second-order valence-corrected chi connectivity index (χ2v) is 23.7. The van der Waals surface area contributed by atoms with Gasteiger partial charge in [-0.1, -0.05) is 234 Å². The van der Waals surface area contributed by atoms with Crippen LogP contribution in [0.2, 0.25) is 0 Å². The second-order valence-electron chi connectivity index (χ2n) is 23.7. The van der Waals surface area contributed by atoms with Gasteiger partial charge in [0.15, 0.2) is 0 Å². The summed E-state index contributed by atoms with van der Waals surface area (Å²) in [5.74, 6) is 1.08. The van der Waals surface area contributed by atoms with Crippen LogP contribution in [0.25, 0.3) is 43.8 Å². The summed E-state index contributed by atoms with van der Waals surface area (Å²) in [6.07, 6.45) is 2.26. The van der Waals surface area contributed by atoms with Crippen LogP contribution in [0, 0.1) is 0 Å². The molecule has 0 N–H and O–H groups in total. The van der Waals surface area contributed by atoms with Gasteiger partial charge in [0.1, 0.15) is 0 Å². The SMILES string of the molecule is CCC(C)c1ccc(N(c2ccccc2)c2ccc(N(c3ccccc3)c3ccc4cc5ccccc5cc4c3)cc2)cc1.CCC(C)c1ccc(N(c2ccccc2)c2ccc(N(c3ccccc3-c3ccccc3)c3ccccc3-c3ccccc3)cc2)cc1. The van der Waals surface area contributed by atoms with E-state index in [0.717, 1.165) is 81.1 Å². The molecule has 0 aliphatic rings. The molecule has 2 unspecified atom stereocenters. The molecule has 14 aromatic carbocycles. The van der Waals surface area contributed by atoms with Crippen molar-refractivity contribution in [3.05, 3.63) is 363 Å². The molecular formula is C88H76N4. The molecule has 4 heteroatoms. The van der Waals surface area contributed by atoms with E-state index in [4.69, 9.17) is 0 Å². The molecule has 0 radical (unpaired) electrons. The third kappa shape index (κ3) is 13.1. The zero-order valence-corrected chi connectivity index (χ0v) is 52.8. The van der Waals surface area contributed by atoms with Gasteiger partial charge >= 0.3 is 0 Å². The van der Waals surface area contributed by atoms with Crippen molar-refractivity contribution in [3.8, 4) is 22.3 Å². The average Bonchev–Trinajstić information content (AvgIpc) is 0.845. The molecule has 0 heterocycles. The van der Waals surface area contributed by atoms with Crippen molar-refractivity contribution in [1.82, 2.24) is 0 Å². The van der Waals surface area contributed by atoms with Crippen molar-refractivity contribution in [2.24, 2.45) is 0 Å². The molecule has 0 fully saturated rings. The lowest BCUT2D eigenvalue weighted by Gasteiger charge is -2.31. The van der Waals surface area contributed by atoms with Crippen molar-refractivity contribution in [3.63, 3.8) is 0 Å². The van der Waals surface area contributed by atoms with E-state index in [9.17, 15) is 0 Å². The predicted molar refractivity (Wildman–Crippen MR) is 395 cm³/mol. The highest BCUT2D eigenvalue weighted by Crippen LogP contribution is 2.47. The van der Waals surface area contributed by atoms with E-state index >= 15 is 0 Å². The fraction of sp³-hybridized carbons (Fsp3) is 0.0909. The van der Waals surface area contributed by atoms with E-state index in [1.807, 2.05) is 0 Å². The maximum Gasteiger partial charge on any atom is 0.0540 e. The van der Waals surface area contributed by atoms with Crippen LogP contribution in [0.4, 0.5) is 68.2 Å². The standard InChI is InChI=1S/C46H40N2.C42H36N2/c1-3-35(2)36-27-29-40(30-28-36)47(39-21-11-6-12-22-39)41-31-33-42(34-32-41)48(45-25-15-13-23-43(45)37-17-7-4-8-18-37)46-26-16-14-24-44(46)38-19-9-5-10-20-38;1-3-31(2)32-18-21-39(22-19-32)43(37-14-6-4-7-15-37)40-24-26-41(27-25-40)44(38-16-8-5-9-17-38)42-23-20-35-28-33-12-10-11-13-34(33)29-36(35)30-42/h4-35H,3H2,1-2H3;4-31H,3H2,1-2H3. The zero-order valence-electron chi connectivity index (χ0n) is 52.8. The Balaban J connectivity index is 0.000000169. The van der Waals surface area contributed by atoms with Crippen LogP contribution in [-0.2, 0) is 0 Å². The minimum absolute atomic E-state index is 0.534. The molecule has 0 saturated heterocycles. The molecule has 14 rings (SSSR count). The monoisotopic (exact) mass is 1190 g/mol. The Morgan fingerprint density at radius 1 is 0.217 bits per heavy atom. The summed E-state index contributed by atoms with van der Waals surface area (Å²) < 4.78 is 0. The predicted octanol–water partition coefficient (Wildman–Crippen LogP) is 25.9. The molecule has 0 amide bonds. The number of fused-ring (bicyclic) bond motifs is 2. The van der Waals surface area contributed by atoms with Gasteiger partial charge in [0, 0.05) is 68.0 Å². The van der Waals surface area contributed by atoms with Gasteiger partial charge in [-0.25, -0.2) is 0 Å². The summed E-state index contributed by atoms with van der Waals surface area (Å²) in [6, 6.07) is 127. The number of hydrogen-bond donors (Lipinski definition) is 0. The first-order valence-corrected chi connectivity index (χ1v) is 32.4. The second kappa shape index (κ2) is 28.1. The van der Waals surface area contributed by atoms with Gasteiger partial charge in [-0.15, -0.1) is 0 Å². The van der Waals surface area contributed by atoms with E-state index in [0.29, 0.717) is 11.8 Å². The molecule has 14 aromatic rings. The van der Waals surface area contributed by atoms with Crippen molar-refractivity contribution in [2.45, 2.75) is 52.4 Å². The molecule has 0 aliphatic heterocycles. The highest BCUT2D eigenvalue weighted by Gasteiger charge is 2.23. The van der Waals surface area contributed by atoms with Gasteiger partial charge < -0.3 is 19.6 Å². The average molecular weight is 1190 g/mol. The lowest BCUT2D eigenvalue weighted by molar-refractivity contribution is 0.733. The maximum absolute atomic E-state index is 2.40. The van der Waals surface area contributed by atoms with Crippen molar-refractivity contribution in [1.29, 1.82) is 0 Å². The fourth-order valence-corrected chi connectivity index (χ4v) is 12.5. The number of hydrogen-bond acceptors (Lipinski definition) is 4. The lowest BCUT2D eigenvalue weighted by Crippen LogP contribution is -2.13. The first-order chi connectivity index (χ1) is 45.4. The van der Waals surface area contributed by atoms with Crippen LogP contribution >= 0.6 is 0 Å². The van der Waals surface area contributed by atoms with Crippen LogP contribution in [0.15, 0.2) is 352 Å². The van der Waals surface area contributed by atoms with Crippen LogP contribution in [0.3, 0.4) is 0 Å². The quantitative estimate of drug-likeness (QED) is 0.0794. The summed E-state index contributed by atoms with van der Waals surface area (Å²) in [6.45, 7) is 9.07. The zero-order chi connectivity index (χ0) is 62.6. The Morgan fingerprint density at radius 2 is 0.478 bits per heavy atom. The van der Waals surface area contributed by atoms with Gasteiger partial charge in [0.05, 0.1) is 11.4 Å². The van der Waals surface area contributed by atoms with E-state index < -0.39 is 0 Å². The van der Waals surface area contributed by atoms with E-state index in [1.165, 1.54) is 54.9 Å². The van der Waals surface area contributed by atoms with Gasteiger partial charge in [0.2, 0.25) is 0 Å². The topological polar surface area (TPSA) is 13.0 Å². The van der Waals surface area contributed by atoms with Gasteiger partial charge in [-0.3, -0.25) is 0 Å². The minimum Gasteiger partial charge on any atom is -0.311 e. The molecule has 0 bridgehead atoms. The lowest BCUT2D eigenvalue weighted by atomic mass is 9.98. The van der Waals surface area contributed by atoms with Crippen LogP contribution in [-0.4, -0.2) is 0 Å². The summed E-state index contributed by atoms with van der Waals surface area (Å²) in [7, 11) is 0. The molecule has 0 aromatic heterocycles. The van der Waals surface area contributed by atoms with E-state index in [1.54, 1.807) is 0 Å². The van der Waals surface area contributed by atoms with E-state index in [2.05, 4.69) is 399 Å². The fourth-order valence-electron chi connectivity index (χ4n) is 12.5. The van der Waals surface area contributed by atoms with Gasteiger partial charge in [-0.2, -0.15) is 0 Å². The molecule has 4 nitrogen and oxygen atoms in total. The van der Waals surface area contributed by atoms with Gasteiger partial charge in [-0.05, 0) is 214 Å². The summed E-state index contributed by atoms with van der Waals surface area (Å²) in [5, 5.41) is 5.00. The highest BCUT2D eigenvalue weighted by molar-refractivity contribution is 6.00. The third-order valence-electron chi connectivity index (χ3n) is 17.8. The Bertz CT molecular complexity index is 4570. The molecule has 2 atom stereocenters. The third-order valence-corrected chi connectivity index (χ3v) is 17.8. The molecule has 0 saturated carbocycles. The van der Waals surface area contributed by atoms with Crippen molar-refractivity contribution < 1.29 is 0 Å². The molecular weight excluding hydrogens is 1110 g/mol. The molecule has 0 spiro atoms. The number of anilines is 12. The van der Waals surface area contributed by atoms with Crippen LogP contribution in [0.5, 0.6) is 0 Å². The Labute approximate surface area is 543 Å². The maximum atomic E-state index is 2.40. The molecule has 448 valence electrons. The van der Waals surface area contributed by atoms with Crippen LogP contribution < -0.4 is 19.6 Å². The normalized spacial score (nSPS) is 11.7. The first-order valence-electron chi connectivity index (χ1n) is 32.4. The molecule has 92 heavy (non-hydrogen) atoms. The first kappa shape index (κ1) is 59.7. The summed E-state index contributed by atoms with van der Waals surface area (Å²) in [5.41, 5.74) is 21.0. The number of para-hydroxylation sites is 5. The van der Waals surface area contributed by atoms with Gasteiger partial charge in [0.25, 0.3) is 0 Å². The smallest absolute Gasteiger partial charge is 0.0540 e. The minimum atomic E-state index is 0.534. The molecule has 0 aliphatic carbocycles. The number of benzene rings is 14. The Kier molecular flexibility index (Phi) is 18.2. The number of nitrogens with zero attached hydrogens (tertiary/aromatic N) is 4. The number of rotatable bonds is 18. The van der Waals surface area contributed by atoms with Crippen molar-refractivity contribution in [2.75, 3.05) is 19.6 Å². The summed E-state index contributed by atoms with van der Waals surface area (Å²) >= 11 is 0. The van der Waals surface area contributed by atoms with Crippen LogP contribution in [0.1, 0.15) is 63.5 Å². The Hall–Kier alpha value is -11.2.